The van der Waals surface area contributed by atoms with Gasteiger partial charge in [-0.3, -0.25) is 5.32 Å². The highest BCUT2D eigenvalue weighted by molar-refractivity contribution is 5.98. The van der Waals surface area contributed by atoms with Crippen LogP contribution in [-0.4, -0.2) is 49.7 Å². The van der Waals surface area contributed by atoms with Gasteiger partial charge in [0.05, 0.1) is 6.10 Å². The minimum atomic E-state index is -0.519. The van der Waals surface area contributed by atoms with Gasteiger partial charge in [0, 0.05) is 20.6 Å². The highest BCUT2D eigenvalue weighted by Gasteiger charge is 2.11. The quantitative estimate of drug-likeness (QED) is 0.448. The first kappa shape index (κ1) is 16.0. The van der Waals surface area contributed by atoms with Gasteiger partial charge in [0.25, 0.3) is 0 Å². The van der Waals surface area contributed by atoms with Crippen molar-refractivity contribution >= 4 is 18.1 Å². The van der Waals surface area contributed by atoms with Crippen molar-refractivity contribution in [2.75, 3.05) is 20.6 Å². The third kappa shape index (κ3) is 7.26. The minimum absolute atomic E-state index is 0.134. The number of amides is 4. The molecule has 0 aromatic carbocycles. The van der Waals surface area contributed by atoms with Crippen LogP contribution in [0.4, 0.5) is 9.59 Å². The molecule has 18 heavy (non-hydrogen) atoms. The predicted octanol–water partition coefficient (Wildman–Crippen LogP) is 0.934. The van der Waals surface area contributed by atoms with Crippen molar-refractivity contribution in [1.82, 2.24) is 15.5 Å². The van der Waals surface area contributed by atoms with E-state index in [0.29, 0.717) is 6.54 Å². The Labute approximate surface area is 107 Å². The van der Waals surface area contributed by atoms with Crippen LogP contribution in [0.15, 0.2) is 17.6 Å². The second kappa shape index (κ2) is 8.10. The first-order valence-corrected chi connectivity index (χ1v) is 5.49. The number of nitrogens with one attached hydrogen (secondary N) is 2. The van der Waals surface area contributed by atoms with Crippen molar-refractivity contribution in [2.45, 2.75) is 20.0 Å². The maximum atomic E-state index is 11.4. The van der Waals surface area contributed by atoms with Crippen LogP contribution < -0.4 is 10.6 Å². The lowest BCUT2D eigenvalue weighted by molar-refractivity contribution is 0.205. The molecule has 2 N–H and O–H groups in total. The third-order valence-electron chi connectivity index (χ3n) is 1.55. The Hall–Kier alpha value is -2.05. The van der Waals surface area contributed by atoms with Crippen molar-refractivity contribution in [3.8, 4) is 0 Å². The molecule has 7 nitrogen and oxygen atoms in total. The molecule has 4 amide bonds. The smallest absolute Gasteiger partial charge is 0.347 e. The summed E-state index contributed by atoms with van der Waals surface area (Å²) in [7, 11) is 3.10. The molecule has 7 heteroatoms. The number of hydrogen-bond donors (Lipinski definition) is 2. The first-order chi connectivity index (χ1) is 8.36. The van der Waals surface area contributed by atoms with Crippen molar-refractivity contribution in [2.24, 2.45) is 4.99 Å². The molecule has 0 bridgehead atoms. The number of carbonyl (C=O) groups is 2. The zero-order chi connectivity index (χ0) is 14.1. The second-order valence-corrected chi connectivity index (χ2v) is 3.88. The number of rotatable bonds is 3. The normalized spacial score (nSPS) is 10.8. The van der Waals surface area contributed by atoms with Crippen LogP contribution in [0.25, 0.3) is 0 Å². The van der Waals surface area contributed by atoms with E-state index < -0.39 is 12.1 Å². The maximum absolute atomic E-state index is 11.4. The zero-order valence-electron chi connectivity index (χ0n) is 11.2. The van der Waals surface area contributed by atoms with Crippen LogP contribution in [0.2, 0.25) is 0 Å². The van der Waals surface area contributed by atoms with Crippen molar-refractivity contribution < 1.29 is 14.3 Å². The topological polar surface area (TPSA) is 83.0 Å². The van der Waals surface area contributed by atoms with Crippen LogP contribution in [0, 0.1) is 0 Å². The summed E-state index contributed by atoms with van der Waals surface area (Å²) in [5, 5.41) is 4.84. The fourth-order valence-electron chi connectivity index (χ4n) is 0.800. The fourth-order valence-corrected chi connectivity index (χ4v) is 0.800. The van der Waals surface area contributed by atoms with Crippen LogP contribution in [0.1, 0.15) is 13.8 Å². The molecular weight excluding hydrogens is 236 g/mol. The van der Waals surface area contributed by atoms with E-state index in [4.69, 9.17) is 4.74 Å². The summed E-state index contributed by atoms with van der Waals surface area (Å²) in [6.07, 6.45) is 1.32. The SMILES string of the molecule is C=CCNC(=O)NC(=NC(=O)N(C)C)OC(C)C. The van der Waals surface area contributed by atoms with E-state index in [0.717, 1.165) is 0 Å². The molecule has 0 saturated carbocycles. The second-order valence-electron chi connectivity index (χ2n) is 3.88. The van der Waals surface area contributed by atoms with Gasteiger partial charge in [-0.25, -0.2) is 9.59 Å². The van der Waals surface area contributed by atoms with Crippen LogP contribution in [0.3, 0.4) is 0 Å². The Balaban J connectivity index is 4.63. The van der Waals surface area contributed by atoms with Gasteiger partial charge in [0.1, 0.15) is 0 Å². The Morgan fingerprint density at radius 3 is 2.50 bits per heavy atom. The zero-order valence-corrected chi connectivity index (χ0v) is 11.2. The predicted molar refractivity (Wildman–Crippen MR) is 69.5 cm³/mol. The van der Waals surface area contributed by atoms with E-state index in [1.807, 2.05) is 0 Å². The van der Waals surface area contributed by atoms with Crippen molar-refractivity contribution in [3.05, 3.63) is 12.7 Å². The lowest BCUT2D eigenvalue weighted by atomic mass is 10.5. The number of ether oxygens (including phenoxy) is 1. The van der Waals surface area contributed by atoms with Crippen molar-refractivity contribution in [3.63, 3.8) is 0 Å². The molecule has 0 aliphatic carbocycles. The summed E-state index contributed by atoms with van der Waals surface area (Å²) in [5.74, 6) is 0. The van der Waals surface area contributed by atoms with Gasteiger partial charge in [-0.15, -0.1) is 11.6 Å². The maximum Gasteiger partial charge on any atom is 0.347 e. The van der Waals surface area contributed by atoms with E-state index in [2.05, 4.69) is 22.2 Å². The van der Waals surface area contributed by atoms with Gasteiger partial charge < -0.3 is 15.0 Å². The fraction of sp³-hybridized carbons (Fsp3) is 0.545. The molecule has 0 aliphatic heterocycles. The molecule has 0 radical (unpaired) electrons. The minimum Gasteiger partial charge on any atom is -0.462 e. The average molecular weight is 256 g/mol. The molecular formula is C11H20N4O3. The molecule has 0 rings (SSSR count). The number of aliphatic imine (C=N–C) groups is 1. The van der Waals surface area contributed by atoms with E-state index in [1.165, 1.54) is 11.0 Å². The van der Waals surface area contributed by atoms with Crippen LogP contribution >= 0.6 is 0 Å². The molecule has 0 aromatic heterocycles. The Kier molecular flexibility index (Phi) is 7.18. The van der Waals surface area contributed by atoms with Gasteiger partial charge >= 0.3 is 18.1 Å². The highest BCUT2D eigenvalue weighted by Crippen LogP contribution is 1.92. The molecule has 0 unspecified atom stereocenters. The number of hydrogen-bond acceptors (Lipinski definition) is 3. The van der Waals surface area contributed by atoms with Gasteiger partial charge in [0.2, 0.25) is 0 Å². The molecule has 0 atom stereocenters. The first-order valence-electron chi connectivity index (χ1n) is 5.49. The number of nitrogens with zero attached hydrogens (tertiary/aromatic N) is 2. The molecule has 0 aliphatic rings. The lowest BCUT2D eigenvalue weighted by Crippen LogP contribution is -2.42. The number of urea groups is 2. The molecule has 0 aromatic rings. The summed E-state index contributed by atoms with van der Waals surface area (Å²) in [6, 6.07) is -1.17. The highest BCUT2D eigenvalue weighted by atomic mass is 16.5. The average Bonchev–Trinajstić information content (AvgIpc) is 2.24. The summed E-state index contributed by atoms with van der Waals surface area (Å²) in [6.45, 7) is 7.30. The molecule has 0 fully saturated rings. The van der Waals surface area contributed by atoms with Gasteiger partial charge in [0.15, 0.2) is 0 Å². The summed E-state index contributed by atoms with van der Waals surface area (Å²) >= 11 is 0. The summed E-state index contributed by atoms with van der Waals surface area (Å²) in [5.41, 5.74) is 0. The van der Waals surface area contributed by atoms with E-state index in [-0.39, 0.29) is 12.1 Å². The Morgan fingerprint density at radius 2 is 2.06 bits per heavy atom. The van der Waals surface area contributed by atoms with Gasteiger partial charge in [-0.1, -0.05) is 6.08 Å². The summed E-state index contributed by atoms with van der Waals surface area (Å²) < 4.78 is 5.23. The molecule has 102 valence electrons. The lowest BCUT2D eigenvalue weighted by Gasteiger charge is -2.14. The van der Waals surface area contributed by atoms with Crippen LogP contribution in [-0.2, 0) is 4.74 Å². The van der Waals surface area contributed by atoms with E-state index in [1.54, 1.807) is 27.9 Å². The van der Waals surface area contributed by atoms with Crippen LogP contribution in [0.5, 0.6) is 0 Å². The third-order valence-corrected chi connectivity index (χ3v) is 1.55. The van der Waals surface area contributed by atoms with E-state index in [9.17, 15) is 9.59 Å². The van der Waals surface area contributed by atoms with Gasteiger partial charge in [-0.2, -0.15) is 0 Å². The Bertz CT molecular complexity index is 337. The summed E-state index contributed by atoms with van der Waals surface area (Å²) in [4.78, 5) is 27.7. The standard InChI is InChI=1S/C11H20N4O3/c1-6-7-12-9(16)13-10(18-8(2)3)14-11(17)15(4)5/h6,8H,1,7H2,2-5H3,(H2,12,13,14,16,17). The Morgan fingerprint density at radius 1 is 1.44 bits per heavy atom. The molecule has 0 saturated heterocycles. The number of carbonyl (C=O) groups excluding carboxylic acids is 2. The number of amidine groups is 1. The van der Waals surface area contributed by atoms with Crippen molar-refractivity contribution in [1.29, 1.82) is 0 Å². The monoisotopic (exact) mass is 256 g/mol. The van der Waals surface area contributed by atoms with Gasteiger partial charge in [-0.05, 0) is 13.8 Å². The molecule has 0 heterocycles. The van der Waals surface area contributed by atoms with E-state index >= 15 is 0 Å². The largest absolute Gasteiger partial charge is 0.462 e. The molecule has 0 spiro atoms.